The number of amides is 3. The van der Waals surface area contributed by atoms with E-state index in [9.17, 15) is 14.4 Å². The van der Waals surface area contributed by atoms with Crippen LogP contribution in [0.2, 0.25) is 0 Å². The molecule has 0 heterocycles. The van der Waals surface area contributed by atoms with Gasteiger partial charge in [0.1, 0.15) is 0 Å². The molecular formula is C18H21N3O3. The van der Waals surface area contributed by atoms with Gasteiger partial charge in [0, 0.05) is 14.1 Å². The van der Waals surface area contributed by atoms with Crippen molar-refractivity contribution in [2.24, 2.45) is 0 Å². The topological polar surface area (TPSA) is 78.5 Å². The molecular weight excluding hydrogens is 306 g/mol. The number of benzene rings is 2. The van der Waals surface area contributed by atoms with Gasteiger partial charge in [-0.3, -0.25) is 14.4 Å². The molecule has 2 aromatic carbocycles. The van der Waals surface area contributed by atoms with Gasteiger partial charge in [0.15, 0.2) is 0 Å². The number of nitrogens with zero attached hydrogens (tertiary/aromatic N) is 1. The minimum absolute atomic E-state index is 0.0783. The SMILES string of the molecule is CN(C)C(=O)CNC(=O)CNC(=O)Cc1cccc2ccccc12. The van der Waals surface area contributed by atoms with Crippen molar-refractivity contribution in [2.45, 2.75) is 6.42 Å². The molecule has 0 aliphatic heterocycles. The molecule has 0 atom stereocenters. The van der Waals surface area contributed by atoms with Gasteiger partial charge in [-0.05, 0) is 16.3 Å². The first-order chi connectivity index (χ1) is 11.5. The summed E-state index contributed by atoms with van der Waals surface area (Å²) >= 11 is 0. The van der Waals surface area contributed by atoms with Crippen LogP contribution in [0.5, 0.6) is 0 Å². The van der Waals surface area contributed by atoms with Crippen molar-refractivity contribution >= 4 is 28.5 Å². The summed E-state index contributed by atoms with van der Waals surface area (Å²) in [4.78, 5) is 36.4. The van der Waals surface area contributed by atoms with E-state index in [1.165, 1.54) is 4.90 Å². The maximum absolute atomic E-state index is 12.0. The highest BCUT2D eigenvalue weighted by atomic mass is 16.2. The Hall–Kier alpha value is -2.89. The van der Waals surface area contributed by atoms with Crippen LogP contribution in [0.4, 0.5) is 0 Å². The molecule has 3 amide bonds. The van der Waals surface area contributed by atoms with Gasteiger partial charge >= 0.3 is 0 Å². The highest BCUT2D eigenvalue weighted by molar-refractivity contribution is 5.92. The predicted molar refractivity (Wildman–Crippen MR) is 92.4 cm³/mol. The number of nitrogens with one attached hydrogen (secondary N) is 2. The van der Waals surface area contributed by atoms with E-state index in [1.54, 1.807) is 14.1 Å². The third-order valence-corrected chi connectivity index (χ3v) is 3.61. The van der Waals surface area contributed by atoms with Crippen LogP contribution in [-0.2, 0) is 20.8 Å². The highest BCUT2D eigenvalue weighted by Crippen LogP contribution is 2.18. The predicted octanol–water partition coefficient (Wildman–Crippen LogP) is 0.703. The summed E-state index contributed by atoms with van der Waals surface area (Å²) in [6.07, 6.45) is 0.200. The molecule has 0 aliphatic carbocycles. The molecule has 6 nitrogen and oxygen atoms in total. The van der Waals surface area contributed by atoms with E-state index in [4.69, 9.17) is 0 Å². The van der Waals surface area contributed by atoms with Gasteiger partial charge in [0.05, 0.1) is 19.5 Å². The molecule has 0 radical (unpaired) electrons. The Labute approximate surface area is 140 Å². The molecule has 2 N–H and O–H groups in total. The molecule has 0 spiro atoms. The van der Waals surface area contributed by atoms with Gasteiger partial charge in [-0.2, -0.15) is 0 Å². The van der Waals surface area contributed by atoms with Crippen LogP contribution in [0.3, 0.4) is 0 Å². The van der Waals surface area contributed by atoms with Crippen LogP contribution in [0.15, 0.2) is 42.5 Å². The normalized spacial score (nSPS) is 10.2. The van der Waals surface area contributed by atoms with E-state index in [0.29, 0.717) is 0 Å². The summed E-state index contributed by atoms with van der Waals surface area (Å²) < 4.78 is 0. The van der Waals surface area contributed by atoms with E-state index in [1.807, 2.05) is 42.5 Å². The summed E-state index contributed by atoms with van der Waals surface area (Å²) in [6.45, 7) is -0.227. The van der Waals surface area contributed by atoms with E-state index < -0.39 is 5.91 Å². The Kier molecular flexibility index (Phi) is 5.89. The Morgan fingerprint density at radius 2 is 1.54 bits per heavy atom. The Morgan fingerprint density at radius 1 is 0.875 bits per heavy atom. The van der Waals surface area contributed by atoms with Crippen molar-refractivity contribution in [1.82, 2.24) is 15.5 Å². The first-order valence-corrected chi connectivity index (χ1v) is 7.67. The Bertz CT molecular complexity index is 751. The third-order valence-electron chi connectivity index (χ3n) is 3.61. The van der Waals surface area contributed by atoms with Crippen molar-refractivity contribution < 1.29 is 14.4 Å². The first-order valence-electron chi connectivity index (χ1n) is 7.67. The fourth-order valence-corrected chi connectivity index (χ4v) is 2.26. The van der Waals surface area contributed by atoms with Crippen molar-refractivity contribution in [1.29, 1.82) is 0 Å². The maximum Gasteiger partial charge on any atom is 0.241 e. The monoisotopic (exact) mass is 327 g/mol. The number of hydrogen-bond donors (Lipinski definition) is 2. The number of fused-ring (bicyclic) bond motifs is 1. The maximum atomic E-state index is 12.0. The van der Waals surface area contributed by atoms with Crippen molar-refractivity contribution in [3.63, 3.8) is 0 Å². The lowest BCUT2D eigenvalue weighted by molar-refractivity contribution is -0.131. The molecule has 6 heteroatoms. The minimum Gasteiger partial charge on any atom is -0.347 e. The molecule has 0 aromatic heterocycles. The molecule has 0 saturated carbocycles. The molecule has 0 fully saturated rings. The third kappa shape index (κ3) is 4.81. The molecule has 0 unspecified atom stereocenters. The first kappa shape index (κ1) is 17.5. The van der Waals surface area contributed by atoms with Crippen LogP contribution in [-0.4, -0.2) is 49.8 Å². The van der Waals surface area contributed by atoms with Gasteiger partial charge in [-0.15, -0.1) is 0 Å². The Morgan fingerprint density at radius 3 is 2.29 bits per heavy atom. The number of rotatable bonds is 6. The number of likely N-dealkylation sites (N-methyl/N-ethyl adjacent to an activating group) is 1. The summed E-state index contributed by atoms with van der Waals surface area (Å²) in [6, 6.07) is 13.6. The quantitative estimate of drug-likeness (QED) is 0.820. The van der Waals surface area contributed by atoms with Crippen LogP contribution in [0, 0.1) is 0 Å². The van der Waals surface area contributed by atoms with Crippen LogP contribution in [0.25, 0.3) is 10.8 Å². The van der Waals surface area contributed by atoms with Crippen LogP contribution >= 0.6 is 0 Å². The lowest BCUT2D eigenvalue weighted by atomic mass is 10.0. The molecule has 24 heavy (non-hydrogen) atoms. The van der Waals surface area contributed by atoms with E-state index in [0.717, 1.165) is 16.3 Å². The van der Waals surface area contributed by atoms with Gasteiger partial charge in [0.25, 0.3) is 0 Å². The molecule has 2 rings (SSSR count). The zero-order chi connectivity index (χ0) is 17.5. The van der Waals surface area contributed by atoms with Crippen molar-refractivity contribution in [3.05, 3.63) is 48.0 Å². The van der Waals surface area contributed by atoms with Gasteiger partial charge < -0.3 is 15.5 Å². The van der Waals surface area contributed by atoms with E-state index in [2.05, 4.69) is 10.6 Å². The number of carbonyl (C=O) groups excluding carboxylic acids is 3. The minimum atomic E-state index is -0.392. The van der Waals surface area contributed by atoms with Crippen molar-refractivity contribution in [3.8, 4) is 0 Å². The summed E-state index contributed by atoms with van der Waals surface area (Å²) in [5.41, 5.74) is 0.911. The summed E-state index contributed by atoms with van der Waals surface area (Å²) in [5.74, 6) is -0.831. The second-order valence-corrected chi connectivity index (χ2v) is 5.66. The molecule has 0 aliphatic rings. The molecule has 0 bridgehead atoms. The zero-order valence-corrected chi connectivity index (χ0v) is 13.8. The van der Waals surface area contributed by atoms with Crippen LogP contribution in [0.1, 0.15) is 5.56 Å². The van der Waals surface area contributed by atoms with Gasteiger partial charge in [-0.25, -0.2) is 0 Å². The average molecular weight is 327 g/mol. The lowest BCUT2D eigenvalue weighted by Crippen LogP contribution is -2.41. The van der Waals surface area contributed by atoms with Crippen LogP contribution < -0.4 is 10.6 Å². The van der Waals surface area contributed by atoms with Crippen molar-refractivity contribution in [2.75, 3.05) is 27.2 Å². The summed E-state index contributed by atoms with van der Waals surface area (Å²) in [7, 11) is 3.22. The molecule has 0 saturated heterocycles. The van der Waals surface area contributed by atoms with E-state index >= 15 is 0 Å². The number of hydrogen-bond acceptors (Lipinski definition) is 3. The zero-order valence-electron chi connectivity index (χ0n) is 13.8. The smallest absolute Gasteiger partial charge is 0.241 e. The van der Waals surface area contributed by atoms with Gasteiger partial charge in [-0.1, -0.05) is 42.5 Å². The highest BCUT2D eigenvalue weighted by Gasteiger charge is 2.10. The molecule has 126 valence electrons. The lowest BCUT2D eigenvalue weighted by Gasteiger charge is -2.11. The standard InChI is InChI=1S/C18H21N3O3/c1-21(2)18(24)12-20-17(23)11-19-16(22)10-14-8-5-7-13-6-3-4-9-15(13)14/h3-9H,10-12H2,1-2H3,(H,19,22)(H,20,23). The Balaban J connectivity index is 1.85. The summed E-state index contributed by atoms with van der Waals surface area (Å²) in [5, 5.41) is 7.14. The molecule has 2 aromatic rings. The fraction of sp³-hybridized carbons (Fsp3) is 0.278. The largest absolute Gasteiger partial charge is 0.347 e. The average Bonchev–Trinajstić information content (AvgIpc) is 2.58. The second-order valence-electron chi connectivity index (χ2n) is 5.66. The second kappa shape index (κ2) is 8.10. The van der Waals surface area contributed by atoms with Gasteiger partial charge in [0.2, 0.25) is 17.7 Å². The fourth-order valence-electron chi connectivity index (χ4n) is 2.26. The van der Waals surface area contributed by atoms with E-state index in [-0.39, 0.29) is 31.3 Å². The number of carbonyl (C=O) groups is 3.